The van der Waals surface area contributed by atoms with Crippen molar-refractivity contribution in [3.05, 3.63) is 12.2 Å². The molecular formula is C16H33N. The van der Waals surface area contributed by atoms with Gasteiger partial charge in [-0.3, -0.25) is 0 Å². The highest BCUT2D eigenvalue weighted by Crippen LogP contribution is 2.15. The van der Waals surface area contributed by atoms with Crippen LogP contribution in [0.25, 0.3) is 0 Å². The Hall–Kier alpha value is -0.300. The second kappa shape index (κ2) is 13.8. The zero-order chi connectivity index (χ0) is 12.8. The summed E-state index contributed by atoms with van der Waals surface area (Å²) in [5.74, 6) is 0. The summed E-state index contributed by atoms with van der Waals surface area (Å²) in [6, 6.07) is 0. The van der Waals surface area contributed by atoms with Crippen LogP contribution in [0.15, 0.2) is 12.2 Å². The lowest BCUT2D eigenvalue weighted by molar-refractivity contribution is 0.596. The normalized spacial score (nSPS) is 14.2. The number of unbranched alkanes of at least 4 members (excludes halogenated alkanes) is 4. The van der Waals surface area contributed by atoms with E-state index in [9.17, 15) is 0 Å². The maximum absolute atomic E-state index is 3.89. The van der Waals surface area contributed by atoms with Crippen molar-refractivity contribution in [2.24, 2.45) is 0 Å². The quantitative estimate of drug-likeness (QED) is 0.460. The number of nitrogens with one attached hydrogen (secondary N) is 1. The first-order valence-corrected chi connectivity index (χ1v) is 7.56. The molecule has 1 nitrogen and oxygen atoms in total. The molecule has 0 heterocycles. The van der Waals surface area contributed by atoms with Crippen molar-refractivity contribution < 1.29 is 0 Å². The lowest BCUT2D eigenvalue weighted by Crippen LogP contribution is -2.06. The summed E-state index contributed by atoms with van der Waals surface area (Å²) in [6.07, 6.45) is 15.5. The average Bonchev–Trinajstić information content (AvgIpc) is 2.86. The van der Waals surface area contributed by atoms with E-state index in [0.717, 1.165) is 0 Å². The maximum Gasteiger partial charge on any atom is -0.00519 e. The van der Waals surface area contributed by atoms with E-state index in [1.165, 1.54) is 82.7 Å². The molecule has 0 atom stereocenters. The minimum absolute atomic E-state index is 1.17. The van der Waals surface area contributed by atoms with Crippen LogP contribution in [0, 0.1) is 0 Å². The van der Waals surface area contributed by atoms with Gasteiger partial charge < -0.3 is 5.32 Å². The van der Waals surface area contributed by atoms with Gasteiger partial charge in [-0.05, 0) is 39.8 Å². The van der Waals surface area contributed by atoms with E-state index >= 15 is 0 Å². The molecule has 1 saturated carbocycles. The van der Waals surface area contributed by atoms with Gasteiger partial charge in [0, 0.05) is 0 Å². The number of rotatable bonds is 8. The Kier molecular flexibility index (Phi) is 13.5. The van der Waals surface area contributed by atoms with Gasteiger partial charge in [0.15, 0.2) is 0 Å². The first kappa shape index (κ1) is 16.7. The third-order valence-corrected chi connectivity index (χ3v) is 3.28. The largest absolute Gasteiger partial charge is 0.320 e. The molecule has 0 bridgehead atoms. The Morgan fingerprint density at radius 2 is 1.35 bits per heavy atom. The van der Waals surface area contributed by atoms with Crippen molar-refractivity contribution >= 4 is 0 Å². The molecule has 0 aromatic carbocycles. The molecule has 0 saturated heterocycles. The highest BCUT2D eigenvalue weighted by molar-refractivity contribution is 4.86. The second-order valence-corrected chi connectivity index (χ2v) is 5.35. The van der Waals surface area contributed by atoms with Crippen LogP contribution in [0.5, 0.6) is 0 Å². The number of allylic oxidation sites excluding steroid dienone is 1. The van der Waals surface area contributed by atoms with Gasteiger partial charge in [-0.2, -0.15) is 0 Å². The van der Waals surface area contributed by atoms with Crippen molar-refractivity contribution in [1.82, 2.24) is 5.32 Å². The van der Waals surface area contributed by atoms with Crippen LogP contribution >= 0.6 is 0 Å². The molecule has 1 rings (SSSR count). The fourth-order valence-electron chi connectivity index (χ4n) is 2.14. The standard InChI is InChI=1S/C11H23N.C5H10/c1-11(2)9-7-5-4-6-8-10-12-3;1-2-4-5-3-1/h12H,1,4-10H2,2-3H3;1-5H2. The molecule has 0 unspecified atom stereocenters. The van der Waals surface area contributed by atoms with E-state index < -0.39 is 0 Å². The molecule has 0 aromatic heterocycles. The molecule has 17 heavy (non-hydrogen) atoms. The molecule has 0 radical (unpaired) electrons. The van der Waals surface area contributed by atoms with Gasteiger partial charge in [0.25, 0.3) is 0 Å². The van der Waals surface area contributed by atoms with E-state index in [4.69, 9.17) is 0 Å². The van der Waals surface area contributed by atoms with Crippen LogP contribution in [0.4, 0.5) is 0 Å². The molecule has 1 heteroatoms. The Morgan fingerprint density at radius 3 is 1.82 bits per heavy atom. The summed E-state index contributed by atoms with van der Waals surface area (Å²) in [6.45, 7) is 7.17. The molecule has 1 fully saturated rings. The third-order valence-electron chi connectivity index (χ3n) is 3.28. The van der Waals surface area contributed by atoms with Crippen molar-refractivity contribution in [3.63, 3.8) is 0 Å². The third kappa shape index (κ3) is 15.7. The molecule has 1 N–H and O–H groups in total. The highest BCUT2D eigenvalue weighted by Gasteiger charge is 1.95. The maximum atomic E-state index is 3.89. The van der Waals surface area contributed by atoms with Crippen LogP contribution in [-0.2, 0) is 0 Å². The van der Waals surface area contributed by atoms with Crippen LogP contribution in [-0.4, -0.2) is 13.6 Å². The van der Waals surface area contributed by atoms with Crippen LogP contribution in [0.2, 0.25) is 0 Å². The lowest BCUT2D eigenvalue weighted by atomic mass is 10.1. The topological polar surface area (TPSA) is 12.0 Å². The summed E-state index contributed by atoms with van der Waals surface area (Å²) in [5.41, 5.74) is 1.32. The van der Waals surface area contributed by atoms with E-state index in [2.05, 4.69) is 18.8 Å². The Morgan fingerprint density at radius 1 is 0.882 bits per heavy atom. The van der Waals surface area contributed by atoms with Crippen LogP contribution in [0.3, 0.4) is 0 Å². The minimum atomic E-state index is 1.17. The molecule has 1 aliphatic carbocycles. The Labute approximate surface area is 109 Å². The SMILES string of the molecule is C1CCCC1.C=C(C)CCCCCCCNC. The van der Waals surface area contributed by atoms with Crippen molar-refractivity contribution in [2.75, 3.05) is 13.6 Å². The van der Waals surface area contributed by atoms with E-state index in [1.54, 1.807) is 0 Å². The average molecular weight is 239 g/mol. The summed E-state index contributed by atoms with van der Waals surface area (Å²) in [5, 5.41) is 3.16. The van der Waals surface area contributed by atoms with Gasteiger partial charge in [-0.1, -0.05) is 56.9 Å². The fraction of sp³-hybridized carbons (Fsp3) is 0.875. The molecule has 0 amide bonds. The zero-order valence-corrected chi connectivity index (χ0v) is 12.2. The highest BCUT2D eigenvalue weighted by atomic mass is 14.8. The smallest absolute Gasteiger partial charge is 0.00519 e. The van der Waals surface area contributed by atoms with E-state index in [1.807, 2.05) is 7.05 Å². The van der Waals surface area contributed by atoms with Crippen LogP contribution in [0.1, 0.15) is 77.6 Å². The molecule has 0 spiro atoms. The minimum Gasteiger partial charge on any atom is -0.320 e. The van der Waals surface area contributed by atoms with Gasteiger partial charge in [0.1, 0.15) is 0 Å². The Bertz CT molecular complexity index is 151. The number of hydrogen-bond acceptors (Lipinski definition) is 1. The fourth-order valence-corrected chi connectivity index (χ4v) is 2.14. The molecular weight excluding hydrogens is 206 g/mol. The molecule has 102 valence electrons. The van der Waals surface area contributed by atoms with Crippen molar-refractivity contribution in [1.29, 1.82) is 0 Å². The summed E-state index contributed by atoms with van der Waals surface area (Å²) < 4.78 is 0. The summed E-state index contributed by atoms with van der Waals surface area (Å²) in [7, 11) is 2.01. The first-order chi connectivity index (χ1) is 8.27. The molecule has 1 aliphatic rings. The van der Waals surface area contributed by atoms with Crippen molar-refractivity contribution in [3.8, 4) is 0 Å². The summed E-state index contributed by atoms with van der Waals surface area (Å²) >= 11 is 0. The zero-order valence-electron chi connectivity index (χ0n) is 12.2. The predicted molar refractivity (Wildman–Crippen MR) is 79.5 cm³/mol. The first-order valence-electron chi connectivity index (χ1n) is 7.56. The van der Waals surface area contributed by atoms with E-state index in [0.29, 0.717) is 0 Å². The number of hydrogen-bond donors (Lipinski definition) is 1. The van der Waals surface area contributed by atoms with Crippen LogP contribution < -0.4 is 5.32 Å². The van der Waals surface area contributed by atoms with Gasteiger partial charge >= 0.3 is 0 Å². The molecule has 0 aromatic rings. The Balaban J connectivity index is 0.000000419. The van der Waals surface area contributed by atoms with Crippen molar-refractivity contribution in [2.45, 2.75) is 77.6 Å². The lowest BCUT2D eigenvalue weighted by Gasteiger charge is -2.01. The molecule has 0 aliphatic heterocycles. The summed E-state index contributed by atoms with van der Waals surface area (Å²) in [4.78, 5) is 0. The predicted octanol–water partition coefficient (Wildman–Crippen LogP) is 5.07. The van der Waals surface area contributed by atoms with Gasteiger partial charge in [0.2, 0.25) is 0 Å². The monoisotopic (exact) mass is 239 g/mol. The van der Waals surface area contributed by atoms with Gasteiger partial charge in [-0.25, -0.2) is 0 Å². The van der Waals surface area contributed by atoms with E-state index in [-0.39, 0.29) is 0 Å². The van der Waals surface area contributed by atoms with Gasteiger partial charge in [0.05, 0.1) is 0 Å². The van der Waals surface area contributed by atoms with Gasteiger partial charge in [-0.15, -0.1) is 6.58 Å². The second-order valence-electron chi connectivity index (χ2n) is 5.35.